The summed E-state index contributed by atoms with van der Waals surface area (Å²) in [7, 11) is 0. The van der Waals surface area contributed by atoms with Crippen molar-refractivity contribution in [3.63, 3.8) is 0 Å². The van der Waals surface area contributed by atoms with Crippen molar-refractivity contribution in [1.82, 2.24) is 4.90 Å². The molecule has 0 aromatic heterocycles. The van der Waals surface area contributed by atoms with Crippen molar-refractivity contribution < 1.29 is 5.11 Å². The lowest BCUT2D eigenvalue weighted by molar-refractivity contribution is 0.0337. The van der Waals surface area contributed by atoms with E-state index >= 15 is 0 Å². The molecule has 1 saturated heterocycles. The summed E-state index contributed by atoms with van der Waals surface area (Å²) < 4.78 is 0. The van der Waals surface area contributed by atoms with Crippen LogP contribution in [-0.4, -0.2) is 35.7 Å². The van der Waals surface area contributed by atoms with E-state index in [-0.39, 0.29) is 6.10 Å². The Morgan fingerprint density at radius 2 is 2.00 bits per heavy atom. The monoisotopic (exact) mass is 239 g/mol. The van der Waals surface area contributed by atoms with Crippen LogP contribution < -0.4 is 0 Å². The molecular weight excluding hydrogens is 210 g/mol. The summed E-state index contributed by atoms with van der Waals surface area (Å²) in [5.74, 6) is 3.04. The maximum atomic E-state index is 10.1. The van der Waals surface area contributed by atoms with E-state index in [0.717, 1.165) is 30.7 Å². The first-order valence-electron chi connectivity index (χ1n) is 7.46. The van der Waals surface area contributed by atoms with Crippen LogP contribution in [0.3, 0.4) is 0 Å². The van der Waals surface area contributed by atoms with E-state index in [1.807, 2.05) is 0 Å². The van der Waals surface area contributed by atoms with E-state index in [4.69, 9.17) is 0 Å². The van der Waals surface area contributed by atoms with E-state index in [1.165, 1.54) is 32.4 Å². The molecule has 1 saturated carbocycles. The maximum absolute atomic E-state index is 10.1. The van der Waals surface area contributed by atoms with Crippen molar-refractivity contribution in [2.75, 3.05) is 19.6 Å². The minimum absolute atomic E-state index is 0.0377. The number of hydrogen-bond acceptors (Lipinski definition) is 2. The summed E-state index contributed by atoms with van der Waals surface area (Å²) in [5.41, 5.74) is 0. The molecule has 0 aromatic carbocycles. The standard InChI is InChI=1S/C15H29NO/c1-11(2)13-6-7-16(9-13)10-14-8-12(3)4-5-15(14)17/h11-15,17H,4-10H2,1-3H3. The number of hydrogen-bond donors (Lipinski definition) is 1. The SMILES string of the molecule is CC1CCC(O)C(CN2CCC(C(C)C)C2)C1. The second-order valence-corrected chi connectivity index (χ2v) is 6.80. The van der Waals surface area contributed by atoms with Crippen molar-refractivity contribution in [2.24, 2.45) is 23.7 Å². The van der Waals surface area contributed by atoms with Gasteiger partial charge in [0.1, 0.15) is 0 Å². The highest BCUT2D eigenvalue weighted by molar-refractivity contribution is 4.84. The van der Waals surface area contributed by atoms with Crippen molar-refractivity contribution >= 4 is 0 Å². The number of aliphatic hydroxyl groups excluding tert-OH is 1. The van der Waals surface area contributed by atoms with Crippen LogP contribution in [0.15, 0.2) is 0 Å². The third-order valence-corrected chi connectivity index (χ3v) is 4.95. The Hall–Kier alpha value is -0.0800. The molecule has 2 aliphatic rings. The molecule has 1 aliphatic heterocycles. The Kier molecular flexibility index (Phi) is 4.48. The van der Waals surface area contributed by atoms with Gasteiger partial charge in [-0.2, -0.15) is 0 Å². The van der Waals surface area contributed by atoms with Gasteiger partial charge in [-0.15, -0.1) is 0 Å². The van der Waals surface area contributed by atoms with E-state index in [2.05, 4.69) is 25.7 Å². The zero-order chi connectivity index (χ0) is 12.4. The molecule has 1 aliphatic carbocycles. The summed E-state index contributed by atoms with van der Waals surface area (Å²) >= 11 is 0. The molecule has 0 aromatic rings. The summed E-state index contributed by atoms with van der Waals surface area (Å²) in [6, 6.07) is 0. The van der Waals surface area contributed by atoms with Crippen LogP contribution in [0.25, 0.3) is 0 Å². The fraction of sp³-hybridized carbons (Fsp3) is 1.00. The van der Waals surface area contributed by atoms with Gasteiger partial charge in [0.2, 0.25) is 0 Å². The number of rotatable bonds is 3. The van der Waals surface area contributed by atoms with Gasteiger partial charge in [0.15, 0.2) is 0 Å². The molecule has 100 valence electrons. The van der Waals surface area contributed by atoms with Crippen molar-refractivity contribution in [3.05, 3.63) is 0 Å². The first kappa shape index (κ1) is 13.4. The van der Waals surface area contributed by atoms with Gasteiger partial charge in [0.25, 0.3) is 0 Å². The highest BCUT2D eigenvalue weighted by atomic mass is 16.3. The minimum Gasteiger partial charge on any atom is -0.393 e. The summed E-state index contributed by atoms with van der Waals surface area (Å²) in [6.07, 6.45) is 4.78. The van der Waals surface area contributed by atoms with E-state index in [9.17, 15) is 5.11 Å². The third kappa shape index (κ3) is 3.45. The molecule has 2 fully saturated rings. The Balaban J connectivity index is 1.81. The average molecular weight is 239 g/mol. The van der Waals surface area contributed by atoms with Gasteiger partial charge in [0.05, 0.1) is 6.10 Å². The van der Waals surface area contributed by atoms with Crippen LogP contribution >= 0.6 is 0 Å². The van der Waals surface area contributed by atoms with Gasteiger partial charge in [-0.1, -0.05) is 20.8 Å². The molecule has 4 unspecified atom stereocenters. The molecule has 4 atom stereocenters. The second-order valence-electron chi connectivity index (χ2n) is 6.80. The lowest BCUT2D eigenvalue weighted by Crippen LogP contribution is -2.37. The Morgan fingerprint density at radius 1 is 1.24 bits per heavy atom. The minimum atomic E-state index is -0.0377. The quantitative estimate of drug-likeness (QED) is 0.818. The van der Waals surface area contributed by atoms with Gasteiger partial charge in [0, 0.05) is 13.1 Å². The Morgan fingerprint density at radius 3 is 2.65 bits per heavy atom. The van der Waals surface area contributed by atoms with E-state index < -0.39 is 0 Å². The smallest absolute Gasteiger partial charge is 0.0580 e. The van der Waals surface area contributed by atoms with Crippen LogP contribution in [0.5, 0.6) is 0 Å². The highest BCUT2D eigenvalue weighted by Crippen LogP contribution is 2.31. The van der Waals surface area contributed by atoms with Gasteiger partial charge >= 0.3 is 0 Å². The summed E-state index contributed by atoms with van der Waals surface area (Å²) in [4.78, 5) is 2.59. The molecule has 2 rings (SSSR count). The number of aliphatic hydroxyl groups is 1. The molecule has 0 radical (unpaired) electrons. The lowest BCUT2D eigenvalue weighted by atomic mass is 9.80. The fourth-order valence-electron chi connectivity index (χ4n) is 3.58. The van der Waals surface area contributed by atoms with Gasteiger partial charge < -0.3 is 10.0 Å². The Bertz CT molecular complexity index is 241. The lowest BCUT2D eigenvalue weighted by Gasteiger charge is -2.34. The summed E-state index contributed by atoms with van der Waals surface area (Å²) in [6.45, 7) is 10.7. The van der Waals surface area contributed by atoms with E-state index in [1.54, 1.807) is 0 Å². The largest absolute Gasteiger partial charge is 0.393 e. The molecule has 2 nitrogen and oxygen atoms in total. The molecule has 1 heterocycles. The highest BCUT2D eigenvalue weighted by Gasteiger charge is 2.31. The number of likely N-dealkylation sites (tertiary alicyclic amines) is 1. The molecule has 0 amide bonds. The van der Waals surface area contributed by atoms with Crippen LogP contribution in [0.4, 0.5) is 0 Å². The topological polar surface area (TPSA) is 23.5 Å². The van der Waals surface area contributed by atoms with Crippen LogP contribution in [0.2, 0.25) is 0 Å². The molecule has 1 N–H and O–H groups in total. The van der Waals surface area contributed by atoms with Gasteiger partial charge in [-0.25, -0.2) is 0 Å². The Labute approximate surface area is 106 Å². The molecule has 0 spiro atoms. The maximum Gasteiger partial charge on any atom is 0.0580 e. The zero-order valence-corrected chi connectivity index (χ0v) is 11.7. The van der Waals surface area contributed by atoms with Gasteiger partial charge in [-0.3, -0.25) is 0 Å². The van der Waals surface area contributed by atoms with Crippen LogP contribution in [0, 0.1) is 23.7 Å². The van der Waals surface area contributed by atoms with Crippen molar-refractivity contribution in [3.8, 4) is 0 Å². The fourth-order valence-corrected chi connectivity index (χ4v) is 3.58. The van der Waals surface area contributed by atoms with Gasteiger partial charge in [-0.05, 0) is 55.9 Å². The van der Waals surface area contributed by atoms with Crippen molar-refractivity contribution in [2.45, 2.75) is 52.6 Å². The normalized spacial score (nSPS) is 40.1. The van der Waals surface area contributed by atoms with Crippen LogP contribution in [0.1, 0.15) is 46.5 Å². The molecule has 17 heavy (non-hydrogen) atoms. The average Bonchev–Trinajstić information content (AvgIpc) is 2.72. The first-order valence-corrected chi connectivity index (χ1v) is 7.46. The van der Waals surface area contributed by atoms with Crippen LogP contribution in [-0.2, 0) is 0 Å². The predicted octanol–water partition coefficient (Wildman–Crippen LogP) is 2.76. The van der Waals surface area contributed by atoms with Crippen molar-refractivity contribution in [1.29, 1.82) is 0 Å². The second kappa shape index (κ2) is 5.71. The first-order chi connectivity index (χ1) is 8.06. The molecule has 0 bridgehead atoms. The van der Waals surface area contributed by atoms with E-state index in [0.29, 0.717) is 5.92 Å². The molecular formula is C15H29NO. The summed E-state index contributed by atoms with van der Waals surface area (Å²) in [5, 5.41) is 10.1. The zero-order valence-electron chi connectivity index (χ0n) is 11.7. The predicted molar refractivity (Wildman–Crippen MR) is 71.9 cm³/mol. The third-order valence-electron chi connectivity index (χ3n) is 4.95. The number of nitrogens with zero attached hydrogens (tertiary/aromatic N) is 1. The molecule has 2 heteroatoms.